The average molecular weight is 549 g/mol. The van der Waals surface area contributed by atoms with Crippen LogP contribution >= 0.6 is 0 Å². The number of hydrogen-bond acceptors (Lipinski definition) is 8. The van der Waals surface area contributed by atoms with E-state index in [1.54, 1.807) is 23.2 Å². The van der Waals surface area contributed by atoms with Crippen molar-refractivity contribution in [2.24, 2.45) is 4.99 Å². The predicted molar refractivity (Wildman–Crippen MR) is 151 cm³/mol. The maximum absolute atomic E-state index is 13.9. The molecule has 3 aliphatic rings. The van der Waals surface area contributed by atoms with Gasteiger partial charge in [0.05, 0.1) is 28.3 Å². The van der Waals surface area contributed by atoms with Gasteiger partial charge in [-0.25, -0.2) is 18.1 Å². The summed E-state index contributed by atoms with van der Waals surface area (Å²) in [6.07, 6.45) is 8.76. The Morgan fingerprint density at radius 3 is 2.56 bits per heavy atom. The summed E-state index contributed by atoms with van der Waals surface area (Å²) in [6.45, 7) is 1.94. The van der Waals surface area contributed by atoms with Crippen LogP contribution in [-0.2, 0) is 14.8 Å². The molecule has 0 bridgehead atoms. The number of piperazine rings is 1. The smallest absolute Gasteiger partial charge is 0.248 e. The largest absolute Gasteiger partial charge is 0.331 e. The van der Waals surface area contributed by atoms with Gasteiger partial charge in [-0.1, -0.05) is 19.3 Å². The number of benzene rings is 2. The topological polar surface area (TPSA) is 135 Å². The second-order valence-corrected chi connectivity index (χ2v) is 12.0. The van der Waals surface area contributed by atoms with Gasteiger partial charge in [-0.2, -0.15) is 5.10 Å². The lowest BCUT2D eigenvalue weighted by Gasteiger charge is -2.49. The second kappa shape index (κ2) is 10.1. The standard InChI is InChI=1S/C27H32N8O3S/c1-17-26(36)35(21-9-11-22(12-10-21)39(37,38)28-2)24-16-29-27(31-19-8-13-23-18(14-19)15-30-33-23)32-25(24)34(17)20-6-4-3-5-7-20/h8-17,20,25,28H,3-7H2,1-2H3,(H,30,33)(H2,29,31,32)/t17-,25?/m1/s1. The highest BCUT2D eigenvalue weighted by molar-refractivity contribution is 7.89. The lowest BCUT2D eigenvalue weighted by molar-refractivity contribution is -0.127. The Labute approximate surface area is 227 Å². The Bertz CT molecular complexity index is 1560. The molecule has 2 fully saturated rings. The average Bonchev–Trinajstić information content (AvgIpc) is 3.43. The van der Waals surface area contributed by atoms with E-state index in [0.29, 0.717) is 17.3 Å². The third-order valence-electron chi connectivity index (χ3n) is 7.81. The highest BCUT2D eigenvalue weighted by Crippen LogP contribution is 2.37. The molecule has 1 aliphatic carbocycles. The highest BCUT2D eigenvalue weighted by atomic mass is 32.2. The summed E-state index contributed by atoms with van der Waals surface area (Å²) in [6, 6.07) is 12.1. The Morgan fingerprint density at radius 2 is 1.82 bits per heavy atom. The van der Waals surface area contributed by atoms with Crippen LogP contribution in [0.5, 0.6) is 0 Å². The summed E-state index contributed by atoms with van der Waals surface area (Å²) >= 11 is 0. The van der Waals surface area contributed by atoms with Crippen LogP contribution < -0.4 is 20.3 Å². The van der Waals surface area contributed by atoms with Gasteiger partial charge in [-0.05, 0) is 69.3 Å². The first kappa shape index (κ1) is 25.5. The first-order valence-corrected chi connectivity index (χ1v) is 14.7. The van der Waals surface area contributed by atoms with Crippen molar-refractivity contribution in [2.75, 3.05) is 17.3 Å². The van der Waals surface area contributed by atoms with Crippen LogP contribution in [-0.4, -0.2) is 60.7 Å². The first-order chi connectivity index (χ1) is 18.9. The quantitative estimate of drug-likeness (QED) is 0.385. The molecule has 2 aromatic carbocycles. The molecule has 1 saturated carbocycles. The number of rotatable bonds is 5. The van der Waals surface area contributed by atoms with Gasteiger partial charge in [0.25, 0.3) is 0 Å². The SMILES string of the molecule is CNS(=O)(=O)c1ccc(N2C(=O)[C@@H](C)N(C3CCCCC3)C3N=C(Nc4ccc5[nH]ncc5c4)NC=C32)cc1. The number of guanidine groups is 1. The van der Waals surface area contributed by atoms with Crippen molar-refractivity contribution in [3.8, 4) is 0 Å². The van der Waals surface area contributed by atoms with E-state index in [0.717, 1.165) is 42.3 Å². The van der Waals surface area contributed by atoms with Gasteiger partial charge in [-0.15, -0.1) is 0 Å². The molecule has 1 amide bonds. The number of aromatic amines is 1. The van der Waals surface area contributed by atoms with Crippen LogP contribution in [0, 0.1) is 0 Å². The van der Waals surface area contributed by atoms with E-state index in [9.17, 15) is 13.2 Å². The molecule has 2 atom stereocenters. The molecule has 12 heteroatoms. The molecule has 6 rings (SSSR count). The van der Waals surface area contributed by atoms with Crippen LogP contribution in [0.15, 0.2) is 70.4 Å². The number of aliphatic imine (C=N–C) groups is 1. The van der Waals surface area contributed by atoms with Crippen LogP contribution in [0.4, 0.5) is 11.4 Å². The molecule has 11 nitrogen and oxygen atoms in total. The number of fused-ring (bicyclic) bond motifs is 2. The van der Waals surface area contributed by atoms with Gasteiger partial charge >= 0.3 is 0 Å². The third-order valence-corrected chi connectivity index (χ3v) is 9.24. The number of anilines is 2. The molecule has 0 radical (unpaired) electrons. The molecule has 204 valence electrons. The lowest BCUT2D eigenvalue weighted by atomic mass is 9.91. The Kier molecular flexibility index (Phi) is 6.61. The van der Waals surface area contributed by atoms with E-state index >= 15 is 0 Å². The summed E-state index contributed by atoms with van der Waals surface area (Å²) in [4.78, 5) is 23.0. The Morgan fingerprint density at radius 1 is 1.05 bits per heavy atom. The van der Waals surface area contributed by atoms with Crippen LogP contribution in [0.3, 0.4) is 0 Å². The minimum atomic E-state index is -3.59. The maximum atomic E-state index is 13.9. The number of nitrogens with zero attached hydrogens (tertiary/aromatic N) is 4. The number of carbonyl (C=O) groups is 1. The summed E-state index contributed by atoms with van der Waals surface area (Å²) in [5, 5.41) is 14.7. The number of sulfonamides is 1. The number of hydrogen-bond donors (Lipinski definition) is 4. The van der Waals surface area contributed by atoms with Gasteiger partial charge in [0.1, 0.15) is 6.17 Å². The number of amides is 1. The fourth-order valence-electron chi connectivity index (χ4n) is 5.78. The molecule has 2 aliphatic heterocycles. The number of aromatic nitrogens is 2. The van der Waals surface area contributed by atoms with E-state index in [2.05, 4.69) is 30.5 Å². The molecule has 1 unspecified atom stereocenters. The zero-order chi connectivity index (χ0) is 27.1. The monoisotopic (exact) mass is 548 g/mol. The molecule has 0 spiro atoms. The zero-order valence-corrected chi connectivity index (χ0v) is 22.7. The molecule has 4 N–H and O–H groups in total. The summed E-state index contributed by atoms with van der Waals surface area (Å²) < 4.78 is 26.8. The van der Waals surface area contributed by atoms with Gasteiger partial charge < -0.3 is 10.6 Å². The first-order valence-electron chi connectivity index (χ1n) is 13.3. The molecular weight excluding hydrogens is 516 g/mol. The Balaban J connectivity index is 1.35. The highest BCUT2D eigenvalue weighted by Gasteiger charge is 2.46. The number of nitrogens with one attached hydrogen (secondary N) is 4. The molecular formula is C27H32N8O3S. The zero-order valence-electron chi connectivity index (χ0n) is 21.9. The van der Waals surface area contributed by atoms with Crippen LogP contribution in [0.2, 0.25) is 0 Å². The fraction of sp³-hybridized carbons (Fsp3) is 0.370. The van der Waals surface area contributed by atoms with Crippen molar-refractivity contribution < 1.29 is 13.2 Å². The van der Waals surface area contributed by atoms with Gasteiger partial charge in [-0.3, -0.25) is 19.7 Å². The fourth-order valence-corrected chi connectivity index (χ4v) is 6.51. The lowest BCUT2D eigenvalue weighted by Crippen LogP contribution is -2.64. The minimum absolute atomic E-state index is 0.0638. The molecule has 3 heterocycles. The summed E-state index contributed by atoms with van der Waals surface area (Å²) in [5.74, 6) is 0.524. The van der Waals surface area contributed by atoms with Crippen molar-refractivity contribution in [1.82, 2.24) is 25.1 Å². The minimum Gasteiger partial charge on any atom is -0.331 e. The van der Waals surface area contributed by atoms with Crippen molar-refractivity contribution >= 4 is 44.2 Å². The van der Waals surface area contributed by atoms with Crippen molar-refractivity contribution in [3.05, 3.63) is 60.6 Å². The van der Waals surface area contributed by atoms with Gasteiger partial charge in [0.15, 0.2) is 0 Å². The van der Waals surface area contributed by atoms with E-state index in [4.69, 9.17) is 4.99 Å². The van der Waals surface area contributed by atoms with Crippen LogP contribution in [0.25, 0.3) is 10.9 Å². The van der Waals surface area contributed by atoms with Gasteiger partial charge in [0.2, 0.25) is 21.9 Å². The summed E-state index contributed by atoms with van der Waals surface area (Å²) in [7, 11) is -2.21. The van der Waals surface area contributed by atoms with Crippen molar-refractivity contribution in [1.29, 1.82) is 0 Å². The van der Waals surface area contributed by atoms with Crippen LogP contribution in [0.1, 0.15) is 39.0 Å². The third kappa shape index (κ3) is 4.68. The Hall–Kier alpha value is -3.74. The second-order valence-electron chi connectivity index (χ2n) is 10.2. The van der Waals surface area contributed by atoms with E-state index in [1.165, 1.54) is 25.6 Å². The van der Waals surface area contributed by atoms with Crippen molar-refractivity contribution in [2.45, 2.75) is 62.2 Å². The molecule has 1 aromatic heterocycles. The molecule has 3 aromatic rings. The number of H-pyrrole nitrogens is 1. The normalized spacial score (nSPS) is 22.7. The predicted octanol–water partition coefficient (Wildman–Crippen LogP) is 3.08. The van der Waals surface area contributed by atoms with E-state index in [1.807, 2.05) is 31.3 Å². The van der Waals surface area contributed by atoms with Gasteiger partial charge in [0, 0.05) is 29.0 Å². The molecule has 1 saturated heterocycles. The van der Waals surface area contributed by atoms with Crippen molar-refractivity contribution in [3.63, 3.8) is 0 Å². The maximum Gasteiger partial charge on any atom is 0.248 e. The van der Waals surface area contributed by atoms with E-state index in [-0.39, 0.29) is 23.0 Å². The number of carbonyl (C=O) groups excluding carboxylic acids is 1. The van der Waals surface area contributed by atoms with E-state index < -0.39 is 16.1 Å². The molecule has 39 heavy (non-hydrogen) atoms. The summed E-state index contributed by atoms with van der Waals surface area (Å²) in [5.41, 5.74) is 3.13.